The molecule has 0 aliphatic carbocycles. The number of likely N-dealkylation sites (tertiary alicyclic amines) is 1. The lowest BCUT2D eigenvalue weighted by Crippen LogP contribution is -2.46. The Balaban J connectivity index is 1.81. The lowest BCUT2D eigenvalue weighted by molar-refractivity contribution is -0.149. The molecule has 1 saturated heterocycles. The Labute approximate surface area is 156 Å². The van der Waals surface area contributed by atoms with Gasteiger partial charge in [0.05, 0.1) is 19.1 Å². The van der Waals surface area contributed by atoms with E-state index >= 15 is 0 Å². The highest BCUT2D eigenvalue weighted by atomic mass is 16.5. The molecule has 1 heterocycles. The van der Waals surface area contributed by atoms with Crippen LogP contribution in [0.5, 0.6) is 5.75 Å². The first kappa shape index (κ1) is 20.1. The van der Waals surface area contributed by atoms with Crippen LogP contribution >= 0.6 is 0 Å². The van der Waals surface area contributed by atoms with Crippen LogP contribution in [0.1, 0.15) is 32.3 Å². The molecular weight excluding hydrogens is 330 g/mol. The topological polar surface area (TPSA) is 63.2 Å². The maximum absolute atomic E-state index is 11.9. The summed E-state index contributed by atoms with van der Waals surface area (Å²) in [6.45, 7) is 9.99. The number of nitrogens with zero attached hydrogens (tertiary/aromatic N) is 2. The standard InChI is InChI=1S/C20H31N3O3/c1-4-21-20(22-12-15-26-18-8-6-16(3)7-9-18)23-13-10-17(11-14-23)19(24)25-5-2/h6-9,17H,4-5,10-15H2,1-3H3,(H,21,22). The van der Waals surface area contributed by atoms with Gasteiger partial charge in [-0.1, -0.05) is 17.7 Å². The summed E-state index contributed by atoms with van der Waals surface area (Å²) in [6.07, 6.45) is 1.62. The molecule has 1 aromatic carbocycles. The zero-order chi connectivity index (χ0) is 18.8. The molecule has 1 N–H and O–H groups in total. The number of esters is 1. The van der Waals surface area contributed by atoms with Gasteiger partial charge >= 0.3 is 5.97 Å². The average molecular weight is 361 g/mol. The first-order valence-electron chi connectivity index (χ1n) is 9.53. The van der Waals surface area contributed by atoms with Crippen molar-refractivity contribution >= 4 is 11.9 Å². The lowest BCUT2D eigenvalue weighted by Gasteiger charge is -2.33. The zero-order valence-electron chi connectivity index (χ0n) is 16.2. The number of aryl methyl sites for hydroxylation is 1. The normalized spacial score (nSPS) is 15.7. The van der Waals surface area contributed by atoms with Crippen molar-refractivity contribution in [2.75, 3.05) is 39.4 Å². The van der Waals surface area contributed by atoms with Crippen molar-refractivity contribution in [3.05, 3.63) is 29.8 Å². The van der Waals surface area contributed by atoms with E-state index in [4.69, 9.17) is 9.47 Å². The van der Waals surface area contributed by atoms with Crippen molar-refractivity contribution in [2.24, 2.45) is 10.9 Å². The Morgan fingerprint density at radius 2 is 1.92 bits per heavy atom. The molecule has 1 fully saturated rings. The summed E-state index contributed by atoms with van der Waals surface area (Å²) >= 11 is 0. The third-order valence-corrected chi connectivity index (χ3v) is 4.39. The number of hydrogen-bond donors (Lipinski definition) is 1. The van der Waals surface area contributed by atoms with Crippen molar-refractivity contribution in [1.29, 1.82) is 0 Å². The van der Waals surface area contributed by atoms with E-state index in [0.29, 0.717) is 19.8 Å². The van der Waals surface area contributed by atoms with Gasteiger partial charge in [-0.25, -0.2) is 4.99 Å². The summed E-state index contributed by atoms with van der Waals surface area (Å²) < 4.78 is 10.9. The predicted octanol–water partition coefficient (Wildman–Crippen LogP) is 2.61. The number of ether oxygens (including phenoxy) is 2. The van der Waals surface area contributed by atoms with Crippen molar-refractivity contribution in [3.8, 4) is 5.75 Å². The third-order valence-electron chi connectivity index (χ3n) is 4.39. The maximum Gasteiger partial charge on any atom is 0.309 e. The molecular formula is C20H31N3O3. The minimum Gasteiger partial charge on any atom is -0.492 e. The van der Waals surface area contributed by atoms with Crippen LogP contribution in [-0.2, 0) is 9.53 Å². The van der Waals surface area contributed by atoms with Gasteiger partial charge in [0.1, 0.15) is 12.4 Å². The molecule has 0 spiro atoms. The van der Waals surface area contributed by atoms with E-state index in [-0.39, 0.29) is 11.9 Å². The molecule has 0 bridgehead atoms. The average Bonchev–Trinajstić information content (AvgIpc) is 2.66. The van der Waals surface area contributed by atoms with Crippen molar-refractivity contribution in [2.45, 2.75) is 33.6 Å². The Kier molecular flexibility index (Phi) is 8.25. The predicted molar refractivity (Wildman–Crippen MR) is 104 cm³/mol. The van der Waals surface area contributed by atoms with Gasteiger partial charge < -0.3 is 19.7 Å². The van der Waals surface area contributed by atoms with Crippen LogP contribution in [-0.4, -0.2) is 56.2 Å². The summed E-state index contributed by atoms with van der Waals surface area (Å²) in [5.74, 6) is 1.70. The molecule has 0 atom stereocenters. The summed E-state index contributed by atoms with van der Waals surface area (Å²) in [5.41, 5.74) is 1.22. The summed E-state index contributed by atoms with van der Waals surface area (Å²) in [6, 6.07) is 8.03. The molecule has 6 nitrogen and oxygen atoms in total. The molecule has 6 heteroatoms. The largest absolute Gasteiger partial charge is 0.492 e. The number of guanidine groups is 1. The Morgan fingerprint density at radius 1 is 1.23 bits per heavy atom. The molecule has 26 heavy (non-hydrogen) atoms. The number of carbonyl (C=O) groups excluding carboxylic acids is 1. The van der Waals surface area contributed by atoms with Gasteiger partial charge in [-0.3, -0.25) is 4.79 Å². The highest BCUT2D eigenvalue weighted by molar-refractivity contribution is 5.80. The van der Waals surface area contributed by atoms with E-state index < -0.39 is 0 Å². The Hall–Kier alpha value is -2.24. The number of benzene rings is 1. The van der Waals surface area contributed by atoms with Crippen LogP contribution in [0.4, 0.5) is 0 Å². The van der Waals surface area contributed by atoms with Gasteiger partial charge in [0.15, 0.2) is 5.96 Å². The van der Waals surface area contributed by atoms with Crippen molar-refractivity contribution < 1.29 is 14.3 Å². The molecule has 0 aromatic heterocycles. The van der Waals surface area contributed by atoms with E-state index in [1.165, 1.54) is 5.56 Å². The number of piperidine rings is 1. The van der Waals surface area contributed by atoms with E-state index in [2.05, 4.69) is 29.1 Å². The fraction of sp³-hybridized carbons (Fsp3) is 0.600. The van der Waals surface area contributed by atoms with E-state index in [0.717, 1.165) is 44.2 Å². The Bertz CT molecular complexity index is 578. The minimum absolute atomic E-state index is 0.0129. The zero-order valence-corrected chi connectivity index (χ0v) is 16.2. The monoisotopic (exact) mass is 361 g/mol. The fourth-order valence-corrected chi connectivity index (χ4v) is 2.96. The number of carbonyl (C=O) groups is 1. The highest BCUT2D eigenvalue weighted by Crippen LogP contribution is 2.18. The SMILES string of the molecule is CCNC(=NCCOc1ccc(C)cc1)N1CCC(C(=O)OCC)CC1. The van der Waals surface area contributed by atoms with E-state index in [9.17, 15) is 4.79 Å². The highest BCUT2D eigenvalue weighted by Gasteiger charge is 2.27. The fourth-order valence-electron chi connectivity index (χ4n) is 2.96. The van der Waals surface area contributed by atoms with Crippen LogP contribution in [0.2, 0.25) is 0 Å². The summed E-state index contributed by atoms with van der Waals surface area (Å²) in [4.78, 5) is 18.7. The van der Waals surface area contributed by atoms with Gasteiger partial charge in [-0.2, -0.15) is 0 Å². The molecule has 1 aliphatic rings. The van der Waals surface area contributed by atoms with Gasteiger partial charge in [0.2, 0.25) is 0 Å². The molecule has 0 radical (unpaired) electrons. The smallest absolute Gasteiger partial charge is 0.309 e. The van der Waals surface area contributed by atoms with Crippen LogP contribution in [0, 0.1) is 12.8 Å². The van der Waals surface area contributed by atoms with Gasteiger partial charge in [-0.05, 0) is 45.7 Å². The number of aliphatic imine (C=N–C) groups is 1. The molecule has 144 valence electrons. The number of rotatable bonds is 7. The molecule has 1 aliphatic heterocycles. The molecule has 0 unspecified atom stereocenters. The third kappa shape index (κ3) is 6.24. The van der Waals surface area contributed by atoms with E-state index in [1.807, 2.05) is 31.2 Å². The second-order valence-corrected chi connectivity index (χ2v) is 6.41. The van der Waals surface area contributed by atoms with Crippen LogP contribution in [0.15, 0.2) is 29.3 Å². The van der Waals surface area contributed by atoms with Crippen molar-refractivity contribution in [3.63, 3.8) is 0 Å². The second kappa shape index (κ2) is 10.7. The van der Waals surface area contributed by atoms with Crippen LogP contribution < -0.4 is 10.1 Å². The van der Waals surface area contributed by atoms with Crippen molar-refractivity contribution in [1.82, 2.24) is 10.2 Å². The molecule has 0 saturated carbocycles. The van der Waals surface area contributed by atoms with E-state index in [1.54, 1.807) is 0 Å². The summed E-state index contributed by atoms with van der Waals surface area (Å²) in [5, 5.41) is 3.33. The Morgan fingerprint density at radius 3 is 2.54 bits per heavy atom. The molecule has 0 amide bonds. The van der Waals surface area contributed by atoms with Gasteiger partial charge in [-0.15, -0.1) is 0 Å². The number of nitrogens with one attached hydrogen (secondary N) is 1. The van der Waals surface area contributed by atoms with Crippen LogP contribution in [0.25, 0.3) is 0 Å². The van der Waals surface area contributed by atoms with Crippen LogP contribution in [0.3, 0.4) is 0 Å². The second-order valence-electron chi connectivity index (χ2n) is 6.41. The number of hydrogen-bond acceptors (Lipinski definition) is 4. The first-order chi connectivity index (χ1) is 12.6. The minimum atomic E-state index is -0.0689. The van der Waals surface area contributed by atoms with Gasteiger partial charge in [0.25, 0.3) is 0 Å². The summed E-state index contributed by atoms with van der Waals surface area (Å²) in [7, 11) is 0. The molecule has 1 aromatic rings. The first-order valence-corrected chi connectivity index (χ1v) is 9.53. The quantitative estimate of drug-likeness (QED) is 0.350. The lowest BCUT2D eigenvalue weighted by atomic mass is 9.97. The van der Waals surface area contributed by atoms with Gasteiger partial charge in [0, 0.05) is 19.6 Å². The molecule has 2 rings (SSSR count). The maximum atomic E-state index is 11.9.